The molecule has 182 valence electrons. The number of ether oxygens (including phenoxy) is 2. The first-order chi connectivity index (χ1) is 16.2. The zero-order valence-corrected chi connectivity index (χ0v) is 22.4. The number of hydrogen-bond donors (Lipinski definition) is 2. The summed E-state index contributed by atoms with van der Waals surface area (Å²) in [5.74, 6) is 2.47. The van der Waals surface area contributed by atoms with E-state index < -0.39 is 0 Å². The van der Waals surface area contributed by atoms with Gasteiger partial charge in [-0.25, -0.2) is 0 Å². The summed E-state index contributed by atoms with van der Waals surface area (Å²) in [6, 6.07) is 16.7. The maximum Gasteiger partial charge on any atom is 0.191 e. The highest BCUT2D eigenvalue weighted by Crippen LogP contribution is 2.30. The number of anilines is 1. The van der Waals surface area contributed by atoms with Crippen molar-refractivity contribution in [1.29, 1.82) is 0 Å². The van der Waals surface area contributed by atoms with E-state index in [0.29, 0.717) is 12.6 Å². The van der Waals surface area contributed by atoms with E-state index in [1.807, 2.05) is 18.3 Å². The Hall–Kier alpha value is -2.75. The summed E-state index contributed by atoms with van der Waals surface area (Å²) >= 11 is 0. The van der Waals surface area contributed by atoms with Crippen LogP contribution in [0, 0.1) is 0 Å². The number of benzene rings is 2. The van der Waals surface area contributed by atoms with E-state index in [1.165, 1.54) is 10.9 Å². The molecule has 34 heavy (non-hydrogen) atoms. The summed E-state index contributed by atoms with van der Waals surface area (Å²) < 4.78 is 10.9. The van der Waals surface area contributed by atoms with Crippen molar-refractivity contribution in [3.05, 3.63) is 60.3 Å². The van der Waals surface area contributed by atoms with Crippen LogP contribution in [-0.4, -0.2) is 57.4 Å². The van der Waals surface area contributed by atoms with Crippen molar-refractivity contribution in [1.82, 2.24) is 15.6 Å². The van der Waals surface area contributed by atoms with E-state index in [-0.39, 0.29) is 24.0 Å². The van der Waals surface area contributed by atoms with Gasteiger partial charge in [-0.05, 0) is 31.4 Å². The number of aromatic nitrogens is 1. The lowest BCUT2D eigenvalue weighted by atomic mass is 10.1. The number of methoxy groups -OCH3 is 2. The minimum absolute atomic E-state index is 0. The predicted octanol–water partition coefficient (Wildman–Crippen LogP) is 4.25. The molecule has 1 saturated heterocycles. The monoisotopic (exact) mass is 575 g/mol. The Morgan fingerprint density at radius 2 is 1.88 bits per heavy atom. The Morgan fingerprint density at radius 3 is 2.62 bits per heavy atom. The molecule has 1 fully saturated rings. The molecule has 1 aliphatic rings. The molecule has 8 heteroatoms. The summed E-state index contributed by atoms with van der Waals surface area (Å²) in [5, 5.41) is 8.18. The van der Waals surface area contributed by atoms with Crippen molar-refractivity contribution >= 4 is 46.5 Å². The van der Waals surface area contributed by atoms with Crippen LogP contribution in [0.25, 0.3) is 10.9 Å². The molecular weight excluding hydrogens is 541 g/mol. The van der Waals surface area contributed by atoms with E-state index in [4.69, 9.17) is 14.5 Å². The van der Waals surface area contributed by atoms with E-state index in [1.54, 1.807) is 14.2 Å². The van der Waals surface area contributed by atoms with Crippen LogP contribution >= 0.6 is 24.0 Å². The van der Waals surface area contributed by atoms with Gasteiger partial charge in [0.2, 0.25) is 0 Å². The Morgan fingerprint density at radius 1 is 1.12 bits per heavy atom. The SMILES string of the molecule is CCNC(=NCCc1cccc2cccnc12)NC1CCN(c2cc(OC)cc(OC)c2)C1.I. The number of halogens is 1. The van der Waals surface area contributed by atoms with Gasteiger partial charge in [-0.3, -0.25) is 9.98 Å². The third kappa shape index (κ3) is 6.43. The lowest BCUT2D eigenvalue weighted by molar-refractivity contribution is 0.394. The molecule has 1 aliphatic heterocycles. The van der Waals surface area contributed by atoms with Gasteiger partial charge in [0.05, 0.1) is 19.7 Å². The second-order valence-corrected chi connectivity index (χ2v) is 8.15. The number of fused-ring (bicyclic) bond motifs is 1. The molecule has 7 nitrogen and oxygen atoms in total. The highest BCUT2D eigenvalue weighted by Gasteiger charge is 2.24. The number of hydrogen-bond acceptors (Lipinski definition) is 5. The fourth-order valence-corrected chi connectivity index (χ4v) is 4.26. The van der Waals surface area contributed by atoms with Crippen LogP contribution in [0.4, 0.5) is 5.69 Å². The van der Waals surface area contributed by atoms with Gasteiger partial charge in [0.25, 0.3) is 0 Å². The maximum atomic E-state index is 5.43. The molecule has 4 rings (SSSR count). The van der Waals surface area contributed by atoms with Gasteiger partial charge < -0.3 is 25.0 Å². The third-order valence-corrected chi connectivity index (χ3v) is 5.94. The van der Waals surface area contributed by atoms with Crippen LogP contribution in [0.5, 0.6) is 11.5 Å². The molecule has 0 spiro atoms. The van der Waals surface area contributed by atoms with Gasteiger partial charge in [-0.2, -0.15) is 0 Å². The molecule has 3 aromatic rings. The Balaban J connectivity index is 0.00000324. The first kappa shape index (κ1) is 25.9. The van der Waals surface area contributed by atoms with Gasteiger partial charge in [-0.15, -0.1) is 24.0 Å². The summed E-state index contributed by atoms with van der Waals surface area (Å²) in [5.41, 5.74) is 3.40. The largest absolute Gasteiger partial charge is 0.497 e. The van der Waals surface area contributed by atoms with Gasteiger partial charge in [0, 0.05) is 67.7 Å². The Bertz CT molecular complexity index is 1080. The molecule has 2 heterocycles. The van der Waals surface area contributed by atoms with Crippen LogP contribution in [0.2, 0.25) is 0 Å². The van der Waals surface area contributed by atoms with E-state index in [0.717, 1.165) is 61.1 Å². The number of nitrogens with zero attached hydrogens (tertiary/aromatic N) is 3. The van der Waals surface area contributed by atoms with Gasteiger partial charge >= 0.3 is 0 Å². The lowest BCUT2D eigenvalue weighted by Crippen LogP contribution is -2.44. The van der Waals surface area contributed by atoms with Crippen molar-refractivity contribution in [2.45, 2.75) is 25.8 Å². The zero-order chi connectivity index (χ0) is 23.0. The average Bonchev–Trinajstić information content (AvgIpc) is 3.32. The molecular formula is C26H34IN5O2. The van der Waals surface area contributed by atoms with Crippen LogP contribution in [0.3, 0.4) is 0 Å². The molecule has 2 aromatic carbocycles. The third-order valence-electron chi connectivity index (χ3n) is 5.94. The van der Waals surface area contributed by atoms with Crippen molar-refractivity contribution in [2.75, 3.05) is 45.3 Å². The van der Waals surface area contributed by atoms with Crippen LogP contribution in [-0.2, 0) is 6.42 Å². The topological polar surface area (TPSA) is 71.0 Å². The van der Waals surface area contributed by atoms with Crippen LogP contribution < -0.4 is 25.0 Å². The minimum atomic E-state index is 0. The van der Waals surface area contributed by atoms with Gasteiger partial charge in [0.15, 0.2) is 5.96 Å². The van der Waals surface area contributed by atoms with Gasteiger partial charge in [-0.1, -0.05) is 24.3 Å². The summed E-state index contributed by atoms with van der Waals surface area (Å²) in [7, 11) is 3.36. The number of para-hydroxylation sites is 1. The second-order valence-electron chi connectivity index (χ2n) is 8.15. The number of pyridine rings is 1. The zero-order valence-electron chi connectivity index (χ0n) is 20.1. The fourth-order valence-electron chi connectivity index (χ4n) is 4.26. The minimum Gasteiger partial charge on any atom is -0.497 e. The average molecular weight is 575 g/mol. The molecule has 0 amide bonds. The Kier molecular flexibility index (Phi) is 9.62. The predicted molar refractivity (Wildman–Crippen MR) is 150 cm³/mol. The van der Waals surface area contributed by atoms with Crippen molar-refractivity contribution in [3.8, 4) is 11.5 Å². The second kappa shape index (κ2) is 12.6. The molecule has 1 unspecified atom stereocenters. The molecule has 1 atom stereocenters. The van der Waals surface area contributed by atoms with Crippen LogP contribution in [0.15, 0.2) is 59.7 Å². The number of aliphatic imine (C=N–C) groups is 1. The highest BCUT2D eigenvalue weighted by atomic mass is 127. The fraction of sp³-hybridized carbons (Fsp3) is 0.385. The molecule has 1 aromatic heterocycles. The summed E-state index contributed by atoms with van der Waals surface area (Å²) in [6.07, 6.45) is 3.74. The molecule has 0 radical (unpaired) electrons. The summed E-state index contributed by atoms with van der Waals surface area (Å²) in [6.45, 7) is 5.48. The highest BCUT2D eigenvalue weighted by molar-refractivity contribution is 14.0. The first-order valence-electron chi connectivity index (χ1n) is 11.6. The maximum absolute atomic E-state index is 5.43. The number of nitrogens with one attached hydrogen (secondary N) is 2. The Labute approximate surface area is 219 Å². The van der Waals surface area contributed by atoms with Gasteiger partial charge in [0.1, 0.15) is 11.5 Å². The number of guanidine groups is 1. The van der Waals surface area contributed by atoms with E-state index >= 15 is 0 Å². The first-order valence-corrected chi connectivity index (χ1v) is 11.6. The smallest absolute Gasteiger partial charge is 0.191 e. The van der Waals surface area contributed by atoms with E-state index in [9.17, 15) is 0 Å². The van der Waals surface area contributed by atoms with Crippen molar-refractivity contribution in [2.24, 2.45) is 4.99 Å². The molecule has 0 bridgehead atoms. The molecule has 0 aliphatic carbocycles. The van der Waals surface area contributed by atoms with Crippen molar-refractivity contribution in [3.63, 3.8) is 0 Å². The number of rotatable bonds is 8. The summed E-state index contributed by atoms with van der Waals surface area (Å²) in [4.78, 5) is 11.8. The molecule has 2 N–H and O–H groups in total. The standard InChI is InChI=1S/C26H33N5O2.HI/c1-4-27-26(29-13-10-20-8-5-7-19-9-6-12-28-25(19)20)30-21-11-14-31(18-21)22-15-23(32-2)17-24(16-22)33-3;/h5-9,12,15-17,21H,4,10-11,13-14,18H2,1-3H3,(H2,27,29,30);1H. The normalized spacial score (nSPS) is 15.7. The lowest BCUT2D eigenvalue weighted by Gasteiger charge is -2.21. The molecule has 0 saturated carbocycles. The van der Waals surface area contributed by atoms with Crippen molar-refractivity contribution < 1.29 is 9.47 Å². The van der Waals surface area contributed by atoms with Crippen LogP contribution in [0.1, 0.15) is 18.9 Å². The quantitative estimate of drug-likeness (QED) is 0.238. The van der Waals surface area contributed by atoms with E-state index in [2.05, 4.69) is 63.8 Å².